The highest BCUT2D eigenvalue weighted by molar-refractivity contribution is 9.10. The number of likely N-dealkylation sites (N-methyl/N-ethyl adjacent to an activating group) is 1. The van der Waals surface area contributed by atoms with Crippen LogP contribution in [0, 0.1) is 0 Å². The first kappa shape index (κ1) is 13.7. The van der Waals surface area contributed by atoms with Gasteiger partial charge in [0.25, 0.3) is 0 Å². The first-order valence-corrected chi connectivity index (χ1v) is 7.47. The lowest BCUT2D eigenvalue weighted by atomic mass is 10.1. The molecule has 0 saturated carbocycles. The first-order valence-electron chi connectivity index (χ1n) is 5.73. The zero-order valence-electron chi connectivity index (χ0n) is 10.2. The molecule has 96 valence electrons. The molecule has 0 radical (unpaired) electrons. The average molecular weight is 326 g/mol. The van der Waals surface area contributed by atoms with Crippen molar-refractivity contribution in [1.82, 2.24) is 9.88 Å². The molecule has 0 saturated heterocycles. The van der Waals surface area contributed by atoms with E-state index in [2.05, 4.69) is 50.4 Å². The smallest absolute Gasteiger partial charge is 0.0795 e. The molecule has 1 aromatic heterocycles. The van der Waals surface area contributed by atoms with Crippen LogP contribution >= 0.6 is 27.3 Å². The lowest BCUT2D eigenvalue weighted by molar-refractivity contribution is 0.239. The number of hydrogen-bond acceptors (Lipinski definition) is 4. The van der Waals surface area contributed by atoms with E-state index in [0.29, 0.717) is 6.54 Å². The number of benzene rings is 1. The minimum Gasteiger partial charge on any atom is -0.329 e. The van der Waals surface area contributed by atoms with Gasteiger partial charge in [0.15, 0.2) is 0 Å². The molecule has 0 spiro atoms. The maximum atomic E-state index is 5.91. The van der Waals surface area contributed by atoms with E-state index in [1.807, 2.05) is 17.6 Å². The van der Waals surface area contributed by atoms with Crippen LogP contribution in [0.4, 0.5) is 0 Å². The van der Waals surface area contributed by atoms with E-state index in [4.69, 9.17) is 5.73 Å². The Morgan fingerprint density at radius 1 is 1.50 bits per heavy atom. The minimum atomic E-state index is 0.212. The SMILES string of the molecule is CN(Cc1cscn1)C(CN)c1cccc(Br)c1. The van der Waals surface area contributed by atoms with E-state index in [-0.39, 0.29) is 6.04 Å². The molecule has 2 N–H and O–H groups in total. The van der Waals surface area contributed by atoms with Crippen LogP contribution in [0.1, 0.15) is 17.3 Å². The van der Waals surface area contributed by atoms with Crippen LogP contribution in [0.5, 0.6) is 0 Å². The van der Waals surface area contributed by atoms with Crippen LogP contribution in [0.15, 0.2) is 39.6 Å². The molecule has 0 fully saturated rings. The van der Waals surface area contributed by atoms with Crippen LogP contribution in [0.3, 0.4) is 0 Å². The van der Waals surface area contributed by atoms with Gasteiger partial charge in [0.1, 0.15) is 0 Å². The maximum absolute atomic E-state index is 5.91. The summed E-state index contributed by atoms with van der Waals surface area (Å²) in [6, 6.07) is 8.51. The molecule has 18 heavy (non-hydrogen) atoms. The van der Waals surface area contributed by atoms with Gasteiger partial charge in [-0.15, -0.1) is 11.3 Å². The minimum absolute atomic E-state index is 0.212. The largest absolute Gasteiger partial charge is 0.329 e. The number of nitrogens with zero attached hydrogens (tertiary/aromatic N) is 2. The van der Waals surface area contributed by atoms with Gasteiger partial charge in [-0.1, -0.05) is 28.1 Å². The summed E-state index contributed by atoms with van der Waals surface area (Å²) in [6.07, 6.45) is 0. The Labute approximate surface area is 120 Å². The summed E-state index contributed by atoms with van der Waals surface area (Å²) in [5.41, 5.74) is 10.1. The van der Waals surface area contributed by atoms with Gasteiger partial charge in [0.2, 0.25) is 0 Å². The molecule has 1 unspecified atom stereocenters. The summed E-state index contributed by atoms with van der Waals surface area (Å²) < 4.78 is 1.08. The molecule has 2 aromatic rings. The fourth-order valence-corrected chi connectivity index (χ4v) is 2.93. The number of rotatable bonds is 5. The van der Waals surface area contributed by atoms with Crippen molar-refractivity contribution in [1.29, 1.82) is 0 Å². The Kier molecular flexibility index (Phi) is 4.88. The van der Waals surface area contributed by atoms with Crippen molar-refractivity contribution in [3.63, 3.8) is 0 Å². The van der Waals surface area contributed by atoms with Gasteiger partial charge >= 0.3 is 0 Å². The topological polar surface area (TPSA) is 42.2 Å². The van der Waals surface area contributed by atoms with Crippen molar-refractivity contribution in [2.24, 2.45) is 5.73 Å². The highest BCUT2D eigenvalue weighted by atomic mass is 79.9. The molecule has 1 aromatic carbocycles. The molecule has 2 rings (SSSR count). The number of thiazole rings is 1. The Balaban J connectivity index is 2.12. The van der Waals surface area contributed by atoms with E-state index >= 15 is 0 Å². The third-order valence-electron chi connectivity index (χ3n) is 2.88. The van der Waals surface area contributed by atoms with Crippen molar-refractivity contribution in [2.75, 3.05) is 13.6 Å². The molecule has 0 amide bonds. The lowest BCUT2D eigenvalue weighted by Gasteiger charge is -2.26. The van der Waals surface area contributed by atoms with Crippen molar-refractivity contribution in [3.8, 4) is 0 Å². The predicted molar refractivity (Wildman–Crippen MR) is 79.5 cm³/mol. The molecular weight excluding hydrogens is 310 g/mol. The van der Waals surface area contributed by atoms with Gasteiger partial charge < -0.3 is 5.73 Å². The summed E-state index contributed by atoms with van der Waals surface area (Å²) in [7, 11) is 2.08. The second kappa shape index (κ2) is 6.43. The van der Waals surface area contributed by atoms with Crippen molar-refractivity contribution in [3.05, 3.63) is 50.9 Å². The third kappa shape index (κ3) is 3.38. The van der Waals surface area contributed by atoms with Crippen LogP contribution < -0.4 is 5.73 Å². The Morgan fingerprint density at radius 2 is 2.33 bits per heavy atom. The van der Waals surface area contributed by atoms with Crippen molar-refractivity contribution < 1.29 is 0 Å². The highest BCUT2D eigenvalue weighted by Crippen LogP contribution is 2.23. The van der Waals surface area contributed by atoms with Crippen LogP contribution in [-0.2, 0) is 6.54 Å². The van der Waals surface area contributed by atoms with Gasteiger partial charge in [0, 0.05) is 29.0 Å². The van der Waals surface area contributed by atoms with Gasteiger partial charge in [-0.3, -0.25) is 4.90 Å². The Bertz CT molecular complexity index is 487. The normalized spacial score (nSPS) is 12.9. The van der Waals surface area contributed by atoms with Crippen LogP contribution in [0.25, 0.3) is 0 Å². The van der Waals surface area contributed by atoms with Gasteiger partial charge in [0.05, 0.1) is 11.2 Å². The fourth-order valence-electron chi connectivity index (χ4n) is 1.97. The predicted octanol–water partition coefficient (Wildman–Crippen LogP) is 3.04. The summed E-state index contributed by atoms with van der Waals surface area (Å²) >= 11 is 5.12. The molecule has 0 aliphatic carbocycles. The van der Waals surface area contributed by atoms with Gasteiger partial charge in [-0.2, -0.15) is 0 Å². The van der Waals surface area contributed by atoms with Gasteiger partial charge in [-0.25, -0.2) is 4.98 Å². The molecule has 5 heteroatoms. The zero-order valence-corrected chi connectivity index (χ0v) is 12.6. The molecule has 0 aliphatic rings. The number of aromatic nitrogens is 1. The standard InChI is InChI=1S/C13H16BrN3S/c1-17(7-12-8-18-9-16-12)13(6-15)10-3-2-4-11(14)5-10/h2-5,8-9,13H,6-7,15H2,1H3. The molecule has 3 nitrogen and oxygen atoms in total. The quantitative estimate of drug-likeness (QED) is 0.918. The number of hydrogen-bond donors (Lipinski definition) is 1. The average Bonchev–Trinajstić information content (AvgIpc) is 2.83. The molecular formula is C13H16BrN3S. The summed E-state index contributed by atoms with van der Waals surface area (Å²) in [4.78, 5) is 6.54. The molecule has 0 aliphatic heterocycles. The van der Waals surface area contributed by atoms with E-state index < -0.39 is 0 Å². The molecule has 1 atom stereocenters. The van der Waals surface area contributed by atoms with Crippen molar-refractivity contribution >= 4 is 27.3 Å². The van der Waals surface area contributed by atoms with E-state index in [0.717, 1.165) is 16.7 Å². The molecule has 0 bridgehead atoms. The van der Waals surface area contributed by atoms with Crippen LogP contribution in [0.2, 0.25) is 0 Å². The third-order valence-corrected chi connectivity index (χ3v) is 4.01. The van der Waals surface area contributed by atoms with E-state index in [1.165, 1.54) is 5.56 Å². The van der Waals surface area contributed by atoms with E-state index in [9.17, 15) is 0 Å². The molecule has 1 heterocycles. The summed E-state index contributed by atoms with van der Waals surface area (Å²) in [6.45, 7) is 1.41. The van der Waals surface area contributed by atoms with Crippen molar-refractivity contribution in [2.45, 2.75) is 12.6 Å². The number of nitrogens with two attached hydrogens (primary N) is 1. The maximum Gasteiger partial charge on any atom is 0.0795 e. The lowest BCUT2D eigenvalue weighted by Crippen LogP contribution is -2.30. The second-order valence-corrected chi connectivity index (χ2v) is 5.84. The van der Waals surface area contributed by atoms with E-state index in [1.54, 1.807) is 11.3 Å². The monoisotopic (exact) mass is 325 g/mol. The Hall–Kier alpha value is -0.750. The first-order chi connectivity index (χ1) is 8.70. The highest BCUT2D eigenvalue weighted by Gasteiger charge is 2.16. The van der Waals surface area contributed by atoms with Gasteiger partial charge in [-0.05, 0) is 24.7 Å². The summed E-state index contributed by atoms with van der Waals surface area (Å²) in [5, 5.41) is 2.07. The zero-order chi connectivity index (χ0) is 13.0. The van der Waals surface area contributed by atoms with Crippen LogP contribution in [-0.4, -0.2) is 23.5 Å². The summed E-state index contributed by atoms with van der Waals surface area (Å²) in [5.74, 6) is 0. The second-order valence-electron chi connectivity index (χ2n) is 4.20. The Morgan fingerprint density at radius 3 is 2.94 bits per heavy atom. The number of halogens is 1. The fraction of sp³-hybridized carbons (Fsp3) is 0.308.